The van der Waals surface area contributed by atoms with Crippen molar-refractivity contribution in [2.75, 3.05) is 11.9 Å². The molecule has 0 saturated heterocycles. The van der Waals surface area contributed by atoms with Crippen LogP contribution in [0.3, 0.4) is 0 Å². The van der Waals surface area contributed by atoms with Gasteiger partial charge in [0.15, 0.2) is 11.6 Å². The standard InChI is InChI=1S/C23H18Cl2F3N7O/c24-15-4-5-18(35-13-29-12-34-35)14(7-15)9-31-20(36)8-16-17(25)10-32-22(21(16)26)33-11-23(27,28)19-3-1-2-6-30-19/h1-7,10,12-13H,8-9,11H2,(H,31,36)(H,32,33). The molecule has 8 nitrogen and oxygen atoms in total. The van der Waals surface area contributed by atoms with E-state index in [0.29, 0.717) is 16.3 Å². The Labute approximate surface area is 213 Å². The minimum atomic E-state index is -3.38. The molecule has 0 saturated carbocycles. The zero-order chi connectivity index (χ0) is 25.7. The number of nitrogens with one attached hydrogen (secondary N) is 2. The van der Waals surface area contributed by atoms with E-state index in [1.54, 1.807) is 18.2 Å². The summed E-state index contributed by atoms with van der Waals surface area (Å²) < 4.78 is 45.4. The number of halogens is 5. The molecule has 0 aliphatic rings. The number of carbonyl (C=O) groups excluding carboxylic acids is 1. The van der Waals surface area contributed by atoms with E-state index in [4.69, 9.17) is 23.2 Å². The van der Waals surface area contributed by atoms with Gasteiger partial charge in [-0.1, -0.05) is 29.3 Å². The molecule has 13 heteroatoms. The van der Waals surface area contributed by atoms with Gasteiger partial charge in [-0.15, -0.1) is 0 Å². The molecule has 0 bridgehead atoms. The molecule has 186 valence electrons. The van der Waals surface area contributed by atoms with E-state index < -0.39 is 42.1 Å². The van der Waals surface area contributed by atoms with Crippen molar-refractivity contribution in [1.82, 2.24) is 30.0 Å². The number of rotatable bonds is 9. The summed E-state index contributed by atoms with van der Waals surface area (Å²) in [6, 6.07) is 9.14. The second-order valence-electron chi connectivity index (χ2n) is 7.59. The molecule has 1 aromatic carbocycles. The lowest BCUT2D eigenvalue weighted by Crippen LogP contribution is -2.27. The van der Waals surface area contributed by atoms with Gasteiger partial charge in [0.25, 0.3) is 0 Å². The summed E-state index contributed by atoms with van der Waals surface area (Å²) in [5.74, 6) is -5.40. The van der Waals surface area contributed by atoms with Gasteiger partial charge >= 0.3 is 5.92 Å². The average molecular weight is 536 g/mol. The normalized spacial score (nSPS) is 11.4. The first-order valence-corrected chi connectivity index (χ1v) is 11.3. The Kier molecular flexibility index (Phi) is 7.70. The van der Waals surface area contributed by atoms with E-state index in [1.807, 2.05) is 0 Å². The topological polar surface area (TPSA) is 97.6 Å². The summed E-state index contributed by atoms with van der Waals surface area (Å²) in [4.78, 5) is 23.9. The van der Waals surface area contributed by atoms with Crippen LogP contribution in [0.4, 0.5) is 19.0 Å². The van der Waals surface area contributed by atoms with Crippen LogP contribution in [0.15, 0.2) is 61.4 Å². The minimum absolute atomic E-state index is 0.0559. The largest absolute Gasteiger partial charge is 0.361 e. The van der Waals surface area contributed by atoms with Crippen LogP contribution in [-0.4, -0.2) is 37.2 Å². The quantitative estimate of drug-likeness (QED) is 0.326. The van der Waals surface area contributed by atoms with Crippen LogP contribution in [0.25, 0.3) is 5.69 Å². The Hall–Kier alpha value is -3.70. The number of benzene rings is 1. The number of pyridine rings is 2. The maximum Gasteiger partial charge on any atom is 0.306 e. The lowest BCUT2D eigenvalue weighted by Gasteiger charge is -2.18. The molecule has 0 atom stereocenters. The second-order valence-corrected chi connectivity index (χ2v) is 8.43. The summed E-state index contributed by atoms with van der Waals surface area (Å²) in [5.41, 5.74) is 0.626. The number of hydrogen-bond donors (Lipinski definition) is 2. The maximum absolute atomic E-state index is 15.1. The predicted molar refractivity (Wildman–Crippen MR) is 128 cm³/mol. The highest BCUT2D eigenvalue weighted by molar-refractivity contribution is 6.31. The van der Waals surface area contributed by atoms with E-state index >= 15 is 4.39 Å². The van der Waals surface area contributed by atoms with Crippen molar-refractivity contribution in [2.24, 2.45) is 0 Å². The van der Waals surface area contributed by atoms with Crippen molar-refractivity contribution in [3.05, 3.63) is 94.1 Å². The van der Waals surface area contributed by atoms with Gasteiger partial charge < -0.3 is 10.6 Å². The zero-order valence-electron chi connectivity index (χ0n) is 18.4. The molecule has 4 rings (SSSR count). The summed E-state index contributed by atoms with van der Waals surface area (Å²) >= 11 is 12.1. The first-order valence-electron chi connectivity index (χ1n) is 10.5. The molecule has 3 aromatic heterocycles. The third-order valence-corrected chi connectivity index (χ3v) is 5.67. The smallest absolute Gasteiger partial charge is 0.306 e. The average Bonchev–Trinajstić information content (AvgIpc) is 3.40. The Morgan fingerprint density at radius 2 is 1.97 bits per heavy atom. The highest BCUT2D eigenvalue weighted by Crippen LogP contribution is 2.29. The molecule has 4 aromatic rings. The molecule has 0 aliphatic heterocycles. The molecule has 0 radical (unpaired) electrons. The van der Waals surface area contributed by atoms with E-state index in [2.05, 4.69) is 30.7 Å². The summed E-state index contributed by atoms with van der Waals surface area (Å²) in [6.45, 7) is -0.901. The first-order chi connectivity index (χ1) is 17.2. The number of aromatic nitrogens is 5. The van der Waals surface area contributed by atoms with Crippen LogP contribution in [0.2, 0.25) is 10.0 Å². The fourth-order valence-corrected chi connectivity index (χ4v) is 3.72. The van der Waals surface area contributed by atoms with E-state index in [-0.39, 0.29) is 17.1 Å². The monoisotopic (exact) mass is 535 g/mol. The molecule has 2 N–H and O–H groups in total. The van der Waals surface area contributed by atoms with Crippen LogP contribution in [0, 0.1) is 5.82 Å². The molecule has 0 fully saturated rings. The predicted octanol–water partition coefficient (Wildman–Crippen LogP) is 4.57. The molecule has 36 heavy (non-hydrogen) atoms. The molecule has 0 spiro atoms. The minimum Gasteiger partial charge on any atom is -0.361 e. The van der Waals surface area contributed by atoms with Crippen molar-refractivity contribution in [1.29, 1.82) is 0 Å². The first kappa shape index (κ1) is 25.4. The molecule has 0 unspecified atom stereocenters. The fraction of sp³-hybridized carbons (Fsp3) is 0.174. The van der Waals surface area contributed by atoms with Crippen molar-refractivity contribution in [3.63, 3.8) is 0 Å². The van der Waals surface area contributed by atoms with Crippen molar-refractivity contribution in [3.8, 4) is 5.69 Å². The fourth-order valence-electron chi connectivity index (χ4n) is 3.32. The SMILES string of the molecule is O=C(Cc1c(Cl)cnc(NCC(F)(F)c2ccccn2)c1F)NCc1cc(Cl)ccc1-n1cncn1. The van der Waals surface area contributed by atoms with Gasteiger partial charge in [-0.05, 0) is 35.9 Å². The third-order valence-electron chi connectivity index (χ3n) is 5.11. The van der Waals surface area contributed by atoms with Gasteiger partial charge in [0.1, 0.15) is 18.3 Å². The Bertz CT molecular complexity index is 1360. The number of anilines is 1. The van der Waals surface area contributed by atoms with Gasteiger partial charge in [-0.25, -0.2) is 19.0 Å². The summed E-state index contributed by atoms with van der Waals surface area (Å²) in [6.07, 6.45) is 4.74. The Morgan fingerprint density at radius 1 is 1.14 bits per heavy atom. The summed E-state index contributed by atoms with van der Waals surface area (Å²) in [7, 11) is 0. The molecule has 3 heterocycles. The van der Waals surface area contributed by atoms with E-state index in [1.165, 1.54) is 35.7 Å². The molecular formula is C23H18Cl2F3N7O. The van der Waals surface area contributed by atoms with Crippen LogP contribution < -0.4 is 10.6 Å². The molecule has 1 amide bonds. The van der Waals surface area contributed by atoms with E-state index in [0.717, 1.165) is 12.3 Å². The highest BCUT2D eigenvalue weighted by atomic mass is 35.5. The number of hydrogen-bond acceptors (Lipinski definition) is 6. The van der Waals surface area contributed by atoms with Crippen molar-refractivity contribution in [2.45, 2.75) is 18.9 Å². The Balaban J connectivity index is 1.44. The summed E-state index contributed by atoms with van der Waals surface area (Å²) in [5, 5.41) is 9.36. The van der Waals surface area contributed by atoms with Crippen LogP contribution in [0.1, 0.15) is 16.8 Å². The van der Waals surface area contributed by atoms with Crippen LogP contribution >= 0.6 is 23.2 Å². The number of amides is 1. The number of carbonyl (C=O) groups is 1. The van der Waals surface area contributed by atoms with Crippen LogP contribution in [0.5, 0.6) is 0 Å². The van der Waals surface area contributed by atoms with Crippen molar-refractivity contribution >= 4 is 34.9 Å². The lowest BCUT2D eigenvalue weighted by molar-refractivity contribution is -0.120. The maximum atomic E-state index is 15.1. The zero-order valence-corrected chi connectivity index (χ0v) is 19.9. The lowest BCUT2D eigenvalue weighted by atomic mass is 10.1. The van der Waals surface area contributed by atoms with Gasteiger partial charge in [-0.3, -0.25) is 9.78 Å². The second kappa shape index (κ2) is 10.9. The van der Waals surface area contributed by atoms with Crippen LogP contribution in [-0.2, 0) is 23.7 Å². The number of alkyl halides is 2. The molecular weight excluding hydrogens is 518 g/mol. The molecule has 0 aliphatic carbocycles. The van der Waals surface area contributed by atoms with Crippen molar-refractivity contribution < 1.29 is 18.0 Å². The Morgan fingerprint density at radius 3 is 2.69 bits per heavy atom. The van der Waals surface area contributed by atoms with Gasteiger partial charge in [0.2, 0.25) is 5.91 Å². The highest BCUT2D eigenvalue weighted by Gasteiger charge is 2.33. The number of nitrogens with zero attached hydrogens (tertiary/aromatic N) is 5. The van der Waals surface area contributed by atoms with Gasteiger partial charge in [0.05, 0.1) is 23.7 Å². The third kappa shape index (κ3) is 5.92. The van der Waals surface area contributed by atoms with Gasteiger partial charge in [-0.2, -0.15) is 13.9 Å². The van der Waals surface area contributed by atoms with E-state index in [9.17, 15) is 13.6 Å². The van der Waals surface area contributed by atoms with Gasteiger partial charge in [0, 0.05) is 29.5 Å².